The van der Waals surface area contributed by atoms with Gasteiger partial charge in [-0.05, 0) is 45.4 Å². The molecule has 34 heavy (non-hydrogen) atoms. The van der Waals surface area contributed by atoms with Gasteiger partial charge in [0.1, 0.15) is 17.7 Å². The highest BCUT2D eigenvalue weighted by molar-refractivity contribution is 6.10. The van der Waals surface area contributed by atoms with E-state index in [0.29, 0.717) is 16.2 Å². The number of imide groups is 1. The Bertz CT molecular complexity index is 1030. The van der Waals surface area contributed by atoms with Crippen molar-refractivity contribution < 1.29 is 33.8 Å². The fraction of sp³-hybridized carbons (Fsp3) is 0.400. The van der Waals surface area contributed by atoms with Crippen molar-refractivity contribution in [3.8, 4) is 0 Å². The van der Waals surface area contributed by atoms with Crippen LogP contribution in [0.25, 0.3) is 0 Å². The summed E-state index contributed by atoms with van der Waals surface area (Å²) in [7, 11) is 0. The first-order valence-corrected chi connectivity index (χ1v) is 9.95. The monoisotopic (exact) mass is 477 g/mol. The Kier molecular flexibility index (Phi) is 7.16. The molecule has 1 aliphatic heterocycles. The minimum atomic E-state index is -2.18. The number of amides is 4. The Balaban J connectivity index is 2.20. The molecule has 2 unspecified atom stereocenters. The maximum absolute atomic E-state index is 13.0. The van der Waals surface area contributed by atoms with Crippen molar-refractivity contribution in [2.75, 3.05) is 11.9 Å². The van der Waals surface area contributed by atoms with Crippen LogP contribution in [0.15, 0.2) is 24.3 Å². The van der Waals surface area contributed by atoms with Crippen LogP contribution in [0, 0.1) is 5.41 Å². The second kappa shape index (κ2) is 9.35. The van der Waals surface area contributed by atoms with E-state index in [1.54, 1.807) is 0 Å². The largest absolute Gasteiger partial charge is 0.479 e. The van der Waals surface area contributed by atoms with Gasteiger partial charge in [-0.15, -0.1) is 0 Å². The smallest absolute Gasteiger partial charge is 0.342 e. The van der Waals surface area contributed by atoms with Crippen molar-refractivity contribution >= 4 is 41.4 Å². The number of aliphatic carboxylic acids is 1. The molecule has 2 rings (SSSR count). The van der Waals surface area contributed by atoms with Crippen LogP contribution in [0.3, 0.4) is 0 Å². The number of carboxylic acid groups (broad SMARTS) is 1. The number of esters is 1. The van der Waals surface area contributed by atoms with Crippen LogP contribution in [0.1, 0.15) is 33.3 Å². The number of hydrazine groups is 1. The Morgan fingerprint density at radius 2 is 1.82 bits per heavy atom. The minimum absolute atomic E-state index is 0.120. The van der Waals surface area contributed by atoms with Crippen molar-refractivity contribution in [1.29, 1.82) is 5.41 Å². The van der Waals surface area contributed by atoms with E-state index in [2.05, 4.69) is 10.6 Å². The van der Waals surface area contributed by atoms with Crippen LogP contribution in [0.2, 0.25) is 0 Å². The molecule has 14 heteroatoms. The summed E-state index contributed by atoms with van der Waals surface area (Å²) in [6, 6.07) is 3.02. The molecule has 2 atom stereocenters. The fourth-order valence-electron chi connectivity index (χ4n) is 3.13. The van der Waals surface area contributed by atoms with Crippen molar-refractivity contribution in [1.82, 2.24) is 15.2 Å². The van der Waals surface area contributed by atoms with Crippen molar-refractivity contribution in [2.45, 2.75) is 44.9 Å². The lowest BCUT2D eigenvalue weighted by Gasteiger charge is -2.28. The van der Waals surface area contributed by atoms with E-state index < -0.39 is 53.5 Å². The Labute approximate surface area is 194 Å². The van der Waals surface area contributed by atoms with Crippen molar-refractivity contribution in [3.63, 3.8) is 0 Å². The molecule has 1 aromatic carbocycles. The standard InChI is InChI=1S/C20H27N7O7/c1-19(2,3)34-15(31)13(14(29)30)27(23)12(28)9-26-16(32)20(4,25-18(26)33)10-5-7-11(8-6-10)24-17(21)22/h5-8,13H,9,23H2,1-4H3,(H,25,33)(H,29,30)(H4,21,22,24). The van der Waals surface area contributed by atoms with Gasteiger partial charge < -0.3 is 26.2 Å². The molecule has 4 amide bonds. The zero-order valence-electron chi connectivity index (χ0n) is 19.0. The lowest BCUT2D eigenvalue weighted by Crippen LogP contribution is -2.57. The second-order valence-corrected chi connectivity index (χ2v) is 8.64. The highest BCUT2D eigenvalue weighted by Crippen LogP contribution is 2.29. The first-order valence-electron chi connectivity index (χ1n) is 9.95. The van der Waals surface area contributed by atoms with Gasteiger partial charge in [-0.25, -0.2) is 20.2 Å². The summed E-state index contributed by atoms with van der Waals surface area (Å²) in [4.78, 5) is 62.5. The van der Waals surface area contributed by atoms with Gasteiger partial charge in [-0.1, -0.05) is 12.1 Å². The van der Waals surface area contributed by atoms with E-state index in [1.807, 2.05) is 0 Å². The lowest BCUT2D eigenvalue weighted by molar-refractivity contribution is -0.172. The maximum atomic E-state index is 13.0. The summed E-state index contributed by atoms with van der Waals surface area (Å²) in [5, 5.41) is 21.8. The highest BCUT2D eigenvalue weighted by atomic mass is 16.6. The van der Waals surface area contributed by atoms with Gasteiger partial charge in [0, 0.05) is 5.69 Å². The number of carboxylic acids is 1. The van der Waals surface area contributed by atoms with Gasteiger partial charge in [0.05, 0.1) is 0 Å². The number of rotatable bonds is 7. The van der Waals surface area contributed by atoms with Crippen LogP contribution in [-0.2, 0) is 29.5 Å². The number of nitrogens with zero attached hydrogens (tertiary/aromatic N) is 2. The van der Waals surface area contributed by atoms with Crippen LogP contribution >= 0.6 is 0 Å². The summed E-state index contributed by atoms with van der Waals surface area (Å²) in [6.07, 6.45) is 0. The SMILES string of the molecule is CC(C)(C)OC(=O)C(C(=O)O)N(N)C(=O)CN1C(=O)NC(C)(c2ccc(NC(=N)N)cc2)C1=O. The molecule has 184 valence electrons. The zero-order valence-corrected chi connectivity index (χ0v) is 19.0. The molecule has 1 saturated heterocycles. The summed E-state index contributed by atoms with van der Waals surface area (Å²) < 4.78 is 4.99. The van der Waals surface area contributed by atoms with Crippen LogP contribution < -0.4 is 22.2 Å². The number of guanidine groups is 1. The fourth-order valence-corrected chi connectivity index (χ4v) is 3.13. The van der Waals surface area contributed by atoms with Gasteiger partial charge in [-0.3, -0.25) is 24.9 Å². The molecule has 1 aliphatic rings. The molecular weight excluding hydrogens is 450 g/mol. The molecule has 14 nitrogen and oxygen atoms in total. The average Bonchev–Trinajstić information content (AvgIpc) is 2.90. The minimum Gasteiger partial charge on any atom is -0.479 e. The number of ether oxygens (including phenoxy) is 1. The first-order chi connectivity index (χ1) is 15.6. The van der Waals surface area contributed by atoms with Crippen LogP contribution in [0.5, 0.6) is 0 Å². The molecule has 0 bridgehead atoms. The lowest BCUT2D eigenvalue weighted by atomic mass is 9.92. The molecule has 0 radical (unpaired) electrons. The van der Waals surface area contributed by atoms with E-state index in [-0.39, 0.29) is 11.0 Å². The number of carbonyl (C=O) groups excluding carboxylic acids is 4. The molecule has 1 aromatic rings. The number of hydrogen-bond acceptors (Lipinski definition) is 8. The quantitative estimate of drug-likeness (QED) is 0.0421. The maximum Gasteiger partial charge on any atom is 0.342 e. The zero-order chi connectivity index (χ0) is 26.0. The molecule has 8 N–H and O–H groups in total. The third kappa shape index (κ3) is 5.58. The molecule has 1 heterocycles. The number of carbonyl (C=O) groups is 5. The summed E-state index contributed by atoms with van der Waals surface area (Å²) in [6.45, 7) is 5.02. The predicted octanol–water partition coefficient (Wildman–Crippen LogP) is -0.744. The number of nitrogens with one attached hydrogen (secondary N) is 3. The normalized spacial score (nSPS) is 18.7. The van der Waals surface area contributed by atoms with E-state index in [0.717, 1.165) is 0 Å². The van der Waals surface area contributed by atoms with Gasteiger partial charge in [-0.2, -0.15) is 0 Å². The van der Waals surface area contributed by atoms with Gasteiger partial charge >= 0.3 is 18.0 Å². The number of hydrogen-bond donors (Lipinski definition) is 6. The van der Waals surface area contributed by atoms with E-state index in [9.17, 15) is 29.1 Å². The Morgan fingerprint density at radius 3 is 2.29 bits per heavy atom. The molecule has 0 aliphatic carbocycles. The summed E-state index contributed by atoms with van der Waals surface area (Å²) in [5.41, 5.74) is 3.54. The van der Waals surface area contributed by atoms with E-state index >= 15 is 0 Å². The van der Waals surface area contributed by atoms with Crippen LogP contribution in [-0.4, -0.2) is 68.9 Å². The average molecular weight is 477 g/mol. The number of nitrogens with two attached hydrogens (primary N) is 2. The Hall–Kier alpha value is -4.20. The topological polar surface area (TPSA) is 221 Å². The summed E-state index contributed by atoms with van der Waals surface area (Å²) >= 11 is 0. The van der Waals surface area contributed by atoms with E-state index in [4.69, 9.17) is 21.7 Å². The predicted molar refractivity (Wildman–Crippen MR) is 118 cm³/mol. The van der Waals surface area contributed by atoms with Gasteiger partial charge in [0.15, 0.2) is 5.96 Å². The Morgan fingerprint density at radius 1 is 1.26 bits per heavy atom. The van der Waals surface area contributed by atoms with Gasteiger partial charge in [0.2, 0.25) is 6.04 Å². The second-order valence-electron chi connectivity index (χ2n) is 8.64. The van der Waals surface area contributed by atoms with E-state index in [1.165, 1.54) is 52.0 Å². The first kappa shape index (κ1) is 26.1. The molecule has 1 fully saturated rings. The summed E-state index contributed by atoms with van der Waals surface area (Å²) in [5.74, 6) is 0.304. The number of urea groups is 1. The molecule has 0 aromatic heterocycles. The third-order valence-electron chi connectivity index (χ3n) is 4.74. The number of anilines is 1. The van der Waals surface area contributed by atoms with Crippen LogP contribution in [0.4, 0.5) is 10.5 Å². The molecule has 0 spiro atoms. The van der Waals surface area contributed by atoms with Crippen molar-refractivity contribution in [3.05, 3.63) is 29.8 Å². The molecular formula is C20H27N7O7. The van der Waals surface area contributed by atoms with Crippen molar-refractivity contribution in [2.24, 2.45) is 11.6 Å². The third-order valence-corrected chi connectivity index (χ3v) is 4.74. The van der Waals surface area contributed by atoms with Gasteiger partial charge in [0.25, 0.3) is 11.8 Å². The molecule has 0 saturated carbocycles. The number of benzene rings is 1. The highest BCUT2D eigenvalue weighted by Gasteiger charge is 2.50.